The highest BCUT2D eigenvalue weighted by Gasteiger charge is 2.23. The first-order valence-electron chi connectivity index (χ1n) is 6.38. The summed E-state index contributed by atoms with van der Waals surface area (Å²) in [6.07, 6.45) is 2.18. The Balaban J connectivity index is 1.79. The first kappa shape index (κ1) is 11.0. The topological polar surface area (TPSA) is 51.4 Å². The van der Waals surface area contributed by atoms with Crippen molar-refractivity contribution in [2.45, 2.75) is 19.4 Å². The van der Waals surface area contributed by atoms with E-state index >= 15 is 0 Å². The Hall–Kier alpha value is -1.13. The highest BCUT2D eigenvalue weighted by atomic mass is 16.5. The highest BCUT2D eigenvalue weighted by molar-refractivity contribution is 5.43. The molecule has 0 aliphatic carbocycles. The molecule has 1 aromatic rings. The van der Waals surface area contributed by atoms with Crippen LogP contribution in [0.4, 0.5) is 5.82 Å². The lowest BCUT2D eigenvalue weighted by atomic mass is 10.1. The van der Waals surface area contributed by atoms with Crippen LogP contribution < -0.4 is 10.6 Å². The monoisotopic (exact) mass is 233 g/mol. The summed E-state index contributed by atoms with van der Waals surface area (Å²) in [4.78, 5) is 7.06. The van der Waals surface area contributed by atoms with Gasteiger partial charge in [-0.3, -0.25) is 0 Å². The van der Waals surface area contributed by atoms with Crippen molar-refractivity contribution >= 4 is 5.82 Å². The smallest absolute Gasteiger partial charge is 0.128 e. The van der Waals surface area contributed by atoms with E-state index in [1.165, 1.54) is 12.0 Å². The van der Waals surface area contributed by atoms with Gasteiger partial charge in [0.1, 0.15) is 5.82 Å². The summed E-state index contributed by atoms with van der Waals surface area (Å²) in [5.74, 6) is 1.72. The van der Waals surface area contributed by atoms with Crippen LogP contribution in [0, 0.1) is 5.92 Å². The minimum absolute atomic E-state index is 0.629. The van der Waals surface area contributed by atoms with Gasteiger partial charge in [0.25, 0.3) is 0 Å². The average Bonchev–Trinajstić information content (AvgIpc) is 2.87. The van der Waals surface area contributed by atoms with Crippen LogP contribution in [0.1, 0.15) is 17.7 Å². The van der Waals surface area contributed by atoms with Gasteiger partial charge in [-0.15, -0.1) is 0 Å². The van der Waals surface area contributed by atoms with E-state index in [9.17, 15) is 0 Å². The molecule has 3 heterocycles. The molecule has 0 aromatic carbocycles. The summed E-state index contributed by atoms with van der Waals surface area (Å²) in [5, 5.41) is 0. The van der Waals surface area contributed by atoms with Gasteiger partial charge >= 0.3 is 0 Å². The van der Waals surface area contributed by atoms with Crippen LogP contribution in [0.2, 0.25) is 0 Å². The summed E-state index contributed by atoms with van der Waals surface area (Å²) >= 11 is 0. The molecule has 1 saturated heterocycles. The normalized spacial score (nSPS) is 23.8. The minimum atomic E-state index is 0.629. The molecular formula is C13H19N3O. The van der Waals surface area contributed by atoms with Gasteiger partial charge in [0.05, 0.1) is 18.9 Å². The van der Waals surface area contributed by atoms with Gasteiger partial charge in [0, 0.05) is 13.1 Å². The molecule has 2 aliphatic heterocycles. The fourth-order valence-electron chi connectivity index (χ4n) is 2.63. The van der Waals surface area contributed by atoms with Gasteiger partial charge in [0.15, 0.2) is 0 Å². The zero-order valence-corrected chi connectivity index (χ0v) is 10.1. The first-order chi connectivity index (χ1) is 8.36. The number of hydrogen-bond donors (Lipinski definition) is 1. The SMILES string of the molecule is NCC1CCN(c2ccc3c(n2)COCC3)C1. The van der Waals surface area contributed by atoms with Crippen molar-refractivity contribution in [1.82, 2.24) is 4.98 Å². The standard InChI is InChI=1S/C13H19N3O/c14-7-10-3-5-16(8-10)13-2-1-11-4-6-17-9-12(11)15-13/h1-2,10H,3-9,14H2. The Kier molecular flexibility index (Phi) is 2.99. The predicted molar refractivity (Wildman–Crippen MR) is 67.0 cm³/mol. The van der Waals surface area contributed by atoms with Gasteiger partial charge in [-0.2, -0.15) is 0 Å². The number of nitrogens with zero attached hydrogens (tertiary/aromatic N) is 2. The number of pyridine rings is 1. The van der Waals surface area contributed by atoms with E-state index in [1.807, 2.05) is 0 Å². The molecule has 3 rings (SSSR count). The van der Waals surface area contributed by atoms with Crippen LogP contribution in [-0.4, -0.2) is 31.2 Å². The van der Waals surface area contributed by atoms with Crippen molar-refractivity contribution in [3.8, 4) is 0 Å². The van der Waals surface area contributed by atoms with Crippen LogP contribution in [0.25, 0.3) is 0 Å². The largest absolute Gasteiger partial charge is 0.375 e. The maximum Gasteiger partial charge on any atom is 0.128 e. The molecule has 92 valence electrons. The van der Waals surface area contributed by atoms with Crippen molar-refractivity contribution < 1.29 is 4.74 Å². The number of ether oxygens (including phenoxy) is 1. The number of rotatable bonds is 2. The van der Waals surface area contributed by atoms with Crippen molar-refractivity contribution in [1.29, 1.82) is 0 Å². The number of nitrogens with two attached hydrogens (primary N) is 1. The summed E-state index contributed by atoms with van der Waals surface area (Å²) < 4.78 is 5.45. The quantitative estimate of drug-likeness (QED) is 0.826. The third-order valence-corrected chi connectivity index (χ3v) is 3.75. The van der Waals surface area contributed by atoms with Crippen molar-refractivity contribution in [3.63, 3.8) is 0 Å². The molecule has 1 unspecified atom stereocenters. The maximum absolute atomic E-state index is 5.72. The van der Waals surface area contributed by atoms with Crippen molar-refractivity contribution in [2.24, 2.45) is 11.7 Å². The molecule has 0 amide bonds. The lowest BCUT2D eigenvalue weighted by Crippen LogP contribution is -2.24. The van der Waals surface area contributed by atoms with E-state index in [2.05, 4.69) is 17.0 Å². The second-order valence-electron chi connectivity index (χ2n) is 4.91. The van der Waals surface area contributed by atoms with E-state index in [0.717, 1.165) is 44.2 Å². The lowest BCUT2D eigenvalue weighted by molar-refractivity contribution is 0.107. The summed E-state index contributed by atoms with van der Waals surface area (Å²) in [6.45, 7) is 4.40. The molecular weight excluding hydrogens is 214 g/mol. The maximum atomic E-state index is 5.72. The predicted octanol–water partition coefficient (Wildman–Crippen LogP) is 0.939. The number of anilines is 1. The molecule has 1 atom stereocenters. The number of aromatic nitrogens is 1. The molecule has 17 heavy (non-hydrogen) atoms. The first-order valence-corrected chi connectivity index (χ1v) is 6.38. The van der Waals surface area contributed by atoms with Crippen LogP contribution in [0.15, 0.2) is 12.1 Å². The molecule has 0 radical (unpaired) electrons. The van der Waals surface area contributed by atoms with E-state index in [-0.39, 0.29) is 0 Å². The van der Waals surface area contributed by atoms with Gasteiger partial charge in [-0.1, -0.05) is 6.07 Å². The van der Waals surface area contributed by atoms with E-state index in [1.54, 1.807) is 0 Å². The van der Waals surface area contributed by atoms with Crippen LogP contribution in [0.5, 0.6) is 0 Å². The van der Waals surface area contributed by atoms with Crippen LogP contribution in [-0.2, 0) is 17.8 Å². The van der Waals surface area contributed by atoms with Gasteiger partial charge in [0.2, 0.25) is 0 Å². The summed E-state index contributed by atoms with van der Waals surface area (Å²) in [5.41, 5.74) is 8.18. The molecule has 4 heteroatoms. The molecule has 0 bridgehead atoms. The second kappa shape index (κ2) is 4.63. The Morgan fingerprint density at radius 3 is 3.24 bits per heavy atom. The molecule has 1 fully saturated rings. The van der Waals surface area contributed by atoms with Gasteiger partial charge in [-0.05, 0) is 36.9 Å². The molecule has 4 nitrogen and oxygen atoms in total. The molecule has 1 aromatic heterocycles. The number of hydrogen-bond acceptors (Lipinski definition) is 4. The molecule has 0 spiro atoms. The Bertz CT molecular complexity index is 408. The lowest BCUT2D eigenvalue weighted by Gasteiger charge is -2.21. The zero-order valence-electron chi connectivity index (χ0n) is 10.1. The van der Waals surface area contributed by atoms with Gasteiger partial charge < -0.3 is 15.4 Å². The fourth-order valence-corrected chi connectivity index (χ4v) is 2.63. The van der Waals surface area contributed by atoms with Gasteiger partial charge in [-0.25, -0.2) is 4.98 Å². The summed E-state index contributed by atoms with van der Waals surface area (Å²) in [6, 6.07) is 4.35. The van der Waals surface area contributed by atoms with E-state index in [0.29, 0.717) is 12.5 Å². The minimum Gasteiger partial charge on any atom is -0.375 e. The van der Waals surface area contributed by atoms with Crippen LogP contribution in [0.3, 0.4) is 0 Å². The molecule has 0 saturated carbocycles. The van der Waals surface area contributed by atoms with Crippen molar-refractivity contribution in [2.75, 3.05) is 31.1 Å². The fraction of sp³-hybridized carbons (Fsp3) is 0.615. The second-order valence-corrected chi connectivity index (χ2v) is 4.91. The number of fused-ring (bicyclic) bond motifs is 1. The van der Waals surface area contributed by atoms with E-state index < -0.39 is 0 Å². The average molecular weight is 233 g/mol. The Morgan fingerprint density at radius 1 is 1.47 bits per heavy atom. The Morgan fingerprint density at radius 2 is 2.41 bits per heavy atom. The molecule has 2 N–H and O–H groups in total. The molecule has 2 aliphatic rings. The zero-order chi connectivity index (χ0) is 11.7. The van der Waals surface area contributed by atoms with Crippen molar-refractivity contribution in [3.05, 3.63) is 23.4 Å². The third kappa shape index (κ3) is 2.15. The summed E-state index contributed by atoms with van der Waals surface area (Å²) in [7, 11) is 0. The van der Waals surface area contributed by atoms with E-state index in [4.69, 9.17) is 15.5 Å². The Labute approximate surface area is 102 Å². The highest BCUT2D eigenvalue weighted by Crippen LogP contribution is 2.24. The van der Waals surface area contributed by atoms with Crippen LogP contribution >= 0.6 is 0 Å². The third-order valence-electron chi connectivity index (χ3n) is 3.75.